The van der Waals surface area contributed by atoms with Crippen LogP contribution in [0.25, 0.3) is 0 Å². The van der Waals surface area contributed by atoms with Gasteiger partial charge in [-0.3, -0.25) is 14.9 Å². The Morgan fingerprint density at radius 2 is 1.63 bits per heavy atom. The molecule has 1 aliphatic rings. The third-order valence-corrected chi connectivity index (χ3v) is 3.68. The number of hydrogen-bond acceptors (Lipinski definition) is 2. The van der Waals surface area contributed by atoms with Crippen molar-refractivity contribution in [2.24, 2.45) is 5.92 Å². The minimum atomic E-state index is -0.365. The van der Waals surface area contributed by atoms with Crippen LogP contribution in [0.5, 0.6) is 0 Å². The lowest BCUT2D eigenvalue weighted by Crippen LogP contribution is -2.45. The van der Waals surface area contributed by atoms with Crippen LogP contribution >= 0.6 is 0 Å². The molecular formula is C16H21NO2. The van der Waals surface area contributed by atoms with Gasteiger partial charge in [0.15, 0.2) is 0 Å². The molecule has 0 saturated carbocycles. The third-order valence-electron chi connectivity index (χ3n) is 3.68. The topological polar surface area (TPSA) is 46.2 Å². The van der Waals surface area contributed by atoms with Gasteiger partial charge < -0.3 is 0 Å². The zero-order valence-corrected chi connectivity index (χ0v) is 11.8. The number of imide groups is 1. The Labute approximate surface area is 114 Å². The van der Waals surface area contributed by atoms with Gasteiger partial charge in [0.25, 0.3) is 0 Å². The van der Waals surface area contributed by atoms with Crippen molar-refractivity contribution in [2.75, 3.05) is 0 Å². The molecule has 102 valence electrons. The standard InChI is InChI=1S/C16H21NO2/c1-11(2)8-12-4-6-13(7-5-12)16(3)9-14(18)17-15(19)10-16/h4-7,11H,8-10H2,1-3H3,(H,17,18,19). The van der Waals surface area contributed by atoms with E-state index in [-0.39, 0.29) is 17.2 Å². The number of nitrogens with one attached hydrogen (secondary N) is 1. The summed E-state index contributed by atoms with van der Waals surface area (Å²) in [5, 5.41) is 2.36. The first-order chi connectivity index (χ1) is 8.89. The lowest BCUT2D eigenvalue weighted by molar-refractivity contribution is -0.135. The number of amides is 2. The maximum atomic E-state index is 11.5. The Kier molecular flexibility index (Phi) is 3.74. The predicted molar refractivity (Wildman–Crippen MR) is 74.7 cm³/mol. The summed E-state index contributed by atoms with van der Waals surface area (Å²) in [5.74, 6) is 0.276. The van der Waals surface area contributed by atoms with Gasteiger partial charge >= 0.3 is 0 Å². The molecule has 0 aromatic heterocycles. The lowest BCUT2D eigenvalue weighted by atomic mass is 9.74. The van der Waals surface area contributed by atoms with Crippen molar-refractivity contribution in [1.82, 2.24) is 5.32 Å². The van der Waals surface area contributed by atoms with Gasteiger partial charge in [-0.2, -0.15) is 0 Å². The number of carbonyl (C=O) groups excluding carboxylic acids is 2. The molecule has 2 amide bonds. The first kappa shape index (κ1) is 13.8. The van der Waals surface area contributed by atoms with E-state index in [1.807, 2.05) is 6.92 Å². The predicted octanol–water partition coefficient (Wildman–Crippen LogP) is 2.58. The van der Waals surface area contributed by atoms with Crippen molar-refractivity contribution < 1.29 is 9.59 Å². The minimum absolute atomic E-state index is 0.176. The second kappa shape index (κ2) is 5.16. The molecule has 0 spiro atoms. The van der Waals surface area contributed by atoms with Gasteiger partial charge in [0.1, 0.15) is 0 Å². The van der Waals surface area contributed by atoms with E-state index in [0.717, 1.165) is 12.0 Å². The number of hydrogen-bond donors (Lipinski definition) is 1. The average Bonchev–Trinajstić information content (AvgIpc) is 2.26. The van der Waals surface area contributed by atoms with Gasteiger partial charge in [-0.25, -0.2) is 0 Å². The summed E-state index contributed by atoms with van der Waals surface area (Å²) in [6.07, 6.45) is 1.81. The highest BCUT2D eigenvalue weighted by molar-refractivity contribution is 5.99. The van der Waals surface area contributed by atoms with Crippen LogP contribution in [-0.4, -0.2) is 11.8 Å². The van der Waals surface area contributed by atoms with E-state index >= 15 is 0 Å². The molecule has 1 aromatic carbocycles. The molecule has 0 bridgehead atoms. The SMILES string of the molecule is CC(C)Cc1ccc(C2(C)CC(=O)NC(=O)C2)cc1. The van der Waals surface area contributed by atoms with Crippen LogP contribution in [0.2, 0.25) is 0 Å². The summed E-state index contributed by atoms with van der Waals surface area (Å²) >= 11 is 0. The van der Waals surface area contributed by atoms with Crippen LogP contribution in [-0.2, 0) is 21.4 Å². The molecule has 1 fully saturated rings. The number of rotatable bonds is 3. The minimum Gasteiger partial charge on any atom is -0.296 e. The molecule has 0 aliphatic carbocycles. The molecule has 0 atom stereocenters. The van der Waals surface area contributed by atoms with Crippen molar-refractivity contribution in [3.05, 3.63) is 35.4 Å². The Balaban J connectivity index is 2.21. The highest BCUT2D eigenvalue weighted by Gasteiger charge is 2.36. The fourth-order valence-electron chi connectivity index (χ4n) is 2.73. The zero-order valence-electron chi connectivity index (χ0n) is 11.8. The Morgan fingerprint density at radius 3 is 2.11 bits per heavy atom. The normalized spacial score (nSPS) is 18.5. The van der Waals surface area contributed by atoms with Crippen molar-refractivity contribution >= 4 is 11.8 Å². The zero-order chi connectivity index (χ0) is 14.0. The summed E-state index contributed by atoms with van der Waals surface area (Å²) in [4.78, 5) is 23.1. The highest BCUT2D eigenvalue weighted by atomic mass is 16.2. The van der Waals surface area contributed by atoms with E-state index in [2.05, 4.69) is 43.4 Å². The van der Waals surface area contributed by atoms with Crippen LogP contribution in [0.1, 0.15) is 44.7 Å². The quantitative estimate of drug-likeness (QED) is 0.848. The maximum Gasteiger partial charge on any atom is 0.227 e. The van der Waals surface area contributed by atoms with Crippen molar-refractivity contribution in [2.45, 2.75) is 45.4 Å². The second-order valence-electron chi connectivity index (χ2n) is 6.18. The van der Waals surface area contributed by atoms with Crippen molar-refractivity contribution in [1.29, 1.82) is 0 Å². The third kappa shape index (κ3) is 3.22. The van der Waals surface area contributed by atoms with Crippen LogP contribution in [0.15, 0.2) is 24.3 Å². The van der Waals surface area contributed by atoms with Gasteiger partial charge in [0, 0.05) is 18.3 Å². The van der Waals surface area contributed by atoms with Crippen LogP contribution in [0, 0.1) is 5.92 Å². The Bertz CT molecular complexity index is 472. The molecule has 2 rings (SSSR count). The molecule has 1 aliphatic heterocycles. The van der Waals surface area contributed by atoms with Crippen LogP contribution < -0.4 is 5.32 Å². The molecule has 3 heteroatoms. The monoisotopic (exact) mass is 259 g/mol. The summed E-state index contributed by atoms with van der Waals surface area (Å²) in [6, 6.07) is 8.34. The van der Waals surface area contributed by atoms with Gasteiger partial charge in [0.05, 0.1) is 0 Å². The first-order valence-electron chi connectivity index (χ1n) is 6.81. The van der Waals surface area contributed by atoms with Gasteiger partial charge in [0.2, 0.25) is 11.8 Å². The lowest BCUT2D eigenvalue weighted by Gasteiger charge is -2.32. The largest absolute Gasteiger partial charge is 0.296 e. The van der Waals surface area contributed by atoms with E-state index in [1.165, 1.54) is 5.56 Å². The van der Waals surface area contributed by atoms with Crippen LogP contribution in [0.3, 0.4) is 0 Å². The van der Waals surface area contributed by atoms with E-state index in [4.69, 9.17) is 0 Å². The van der Waals surface area contributed by atoms with E-state index in [0.29, 0.717) is 18.8 Å². The molecule has 1 N–H and O–H groups in total. The molecule has 0 radical (unpaired) electrons. The van der Waals surface area contributed by atoms with Crippen molar-refractivity contribution in [3.63, 3.8) is 0 Å². The van der Waals surface area contributed by atoms with Gasteiger partial charge in [-0.05, 0) is 23.5 Å². The van der Waals surface area contributed by atoms with E-state index in [1.54, 1.807) is 0 Å². The average molecular weight is 259 g/mol. The maximum absolute atomic E-state index is 11.5. The van der Waals surface area contributed by atoms with E-state index < -0.39 is 0 Å². The summed E-state index contributed by atoms with van der Waals surface area (Å²) in [5.41, 5.74) is 2.01. The Morgan fingerprint density at radius 1 is 1.11 bits per heavy atom. The van der Waals surface area contributed by atoms with Crippen LogP contribution in [0.4, 0.5) is 0 Å². The smallest absolute Gasteiger partial charge is 0.227 e. The summed E-state index contributed by atoms with van der Waals surface area (Å²) in [6.45, 7) is 6.37. The fraction of sp³-hybridized carbons (Fsp3) is 0.500. The fourth-order valence-corrected chi connectivity index (χ4v) is 2.73. The van der Waals surface area contributed by atoms with E-state index in [9.17, 15) is 9.59 Å². The molecule has 1 heterocycles. The number of piperidine rings is 1. The van der Waals surface area contributed by atoms with Gasteiger partial charge in [-0.15, -0.1) is 0 Å². The first-order valence-corrected chi connectivity index (χ1v) is 6.81. The molecule has 1 saturated heterocycles. The van der Waals surface area contributed by atoms with Gasteiger partial charge in [-0.1, -0.05) is 45.0 Å². The Hall–Kier alpha value is -1.64. The summed E-state index contributed by atoms with van der Waals surface area (Å²) in [7, 11) is 0. The highest BCUT2D eigenvalue weighted by Crippen LogP contribution is 2.33. The second-order valence-corrected chi connectivity index (χ2v) is 6.18. The number of carbonyl (C=O) groups is 2. The molecule has 3 nitrogen and oxygen atoms in total. The number of benzene rings is 1. The molecular weight excluding hydrogens is 238 g/mol. The molecule has 1 aromatic rings. The van der Waals surface area contributed by atoms with Crippen molar-refractivity contribution in [3.8, 4) is 0 Å². The summed E-state index contributed by atoms with van der Waals surface area (Å²) < 4.78 is 0. The molecule has 0 unspecified atom stereocenters. The molecule has 19 heavy (non-hydrogen) atoms.